The Morgan fingerprint density at radius 1 is 0.897 bits per heavy atom. The van der Waals surface area contributed by atoms with E-state index in [0.29, 0.717) is 22.8 Å². The lowest BCUT2D eigenvalue weighted by molar-refractivity contribution is 0.376. The van der Waals surface area contributed by atoms with E-state index in [4.69, 9.17) is 0 Å². The van der Waals surface area contributed by atoms with Gasteiger partial charge in [-0.3, -0.25) is 0 Å². The van der Waals surface area contributed by atoms with Gasteiger partial charge in [0.1, 0.15) is 5.82 Å². The SMILES string of the molecule is C=CCCc1ccc(-c2ccc3cc([C@H]4CC[C@H](C=C)CC4)ccc3c2F)cc1. The number of halogens is 1. The molecule has 1 fully saturated rings. The Morgan fingerprint density at radius 2 is 1.66 bits per heavy atom. The molecule has 0 radical (unpaired) electrons. The molecule has 29 heavy (non-hydrogen) atoms. The zero-order chi connectivity index (χ0) is 20.2. The quantitative estimate of drug-likeness (QED) is 0.375. The molecule has 0 spiro atoms. The normalized spacial score (nSPS) is 19.2. The average molecular weight is 385 g/mol. The Morgan fingerprint density at radius 3 is 2.34 bits per heavy atom. The topological polar surface area (TPSA) is 0 Å². The molecular formula is C28H29F. The van der Waals surface area contributed by atoms with Gasteiger partial charge >= 0.3 is 0 Å². The van der Waals surface area contributed by atoms with E-state index in [0.717, 1.165) is 23.8 Å². The van der Waals surface area contributed by atoms with Crippen molar-refractivity contribution in [3.05, 3.63) is 96.9 Å². The summed E-state index contributed by atoms with van der Waals surface area (Å²) in [7, 11) is 0. The Hall–Kier alpha value is -2.67. The summed E-state index contributed by atoms with van der Waals surface area (Å²) in [6, 6.07) is 18.5. The van der Waals surface area contributed by atoms with Crippen LogP contribution in [0.3, 0.4) is 0 Å². The summed E-state index contributed by atoms with van der Waals surface area (Å²) >= 11 is 0. The van der Waals surface area contributed by atoms with Crippen molar-refractivity contribution in [2.45, 2.75) is 44.4 Å². The maximum atomic E-state index is 15.3. The number of hydrogen-bond acceptors (Lipinski definition) is 0. The van der Waals surface area contributed by atoms with Crippen molar-refractivity contribution >= 4 is 10.8 Å². The van der Waals surface area contributed by atoms with Crippen molar-refractivity contribution in [1.82, 2.24) is 0 Å². The molecule has 0 atom stereocenters. The van der Waals surface area contributed by atoms with Gasteiger partial charge in [0.15, 0.2) is 0 Å². The minimum atomic E-state index is -0.122. The van der Waals surface area contributed by atoms with Crippen LogP contribution in [0.15, 0.2) is 79.9 Å². The second-order valence-electron chi connectivity index (χ2n) is 8.28. The fourth-order valence-electron chi connectivity index (χ4n) is 4.60. The summed E-state index contributed by atoms with van der Waals surface area (Å²) in [5.41, 5.74) is 4.20. The molecular weight excluding hydrogens is 355 g/mol. The highest BCUT2D eigenvalue weighted by molar-refractivity contribution is 5.89. The number of hydrogen-bond donors (Lipinski definition) is 0. The number of fused-ring (bicyclic) bond motifs is 1. The van der Waals surface area contributed by atoms with Gasteiger partial charge in [-0.2, -0.15) is 0 Å². The minimum absolute atomic E-state index is 0.122. The zero-order valence-electron chi connectivity index (χ0n) is 17.0. The Labute approximate surface area is 173 Å². The third-order valence-electron chi connectivity index (χ3n) is 6.46. The number of rotatable bonds is 6. The second-order valence-corrected chi connectivity index (χ2v) is 8.28. The van der Waals surface area contributed by atoms with Crippen molar-refractivity contribution in [2.75, 3.05) is 0 Å². The zero-order valence-corrected chi connectivity index (χ0v) is 17.0. The van der Waals surface area contributed by atoms with Crippen molar-refractivity contribution in [3.63, 3.8) is 0 Å². The summed E-state index contributed by atoms with van der Waals surface area (Å²) in [5.74, 6) is 1.12. The van der Waals surface area contributed by atoms with E-state index in [1.54, 1.807) is 0 Å². The first-order chi connectivity index (χ1) is 14.2. The number of aryl methyl sites for hydroxylation is 1. The van der Waals surface area contributed by atoms with Crippen LogP contribution >= 0.6 is 0 Å². The van der Waals surface area contributed by atoms with Gasteiger partial charge in [-0.1, -0.05) is 66.7 Å². The van der Waals surface area contributed by atoms with E-state index >= 15 is 4.39 Å². The first-order valence-electron chi connectivity index (χ1n) is 10.7. The maximum Gasteiger partial charge on any atom is 0.138 e. The van der Waals surface area contributed by atoms with Crippen LogP contribution in [0.25, 0.3) is 21.9 Å². The van der Waals surface area contributed by atoms with Crippen LogP contribution in [0.2, 0.25) is 0 Å². The molecule has 1 heteroatoms. The number of benzene rings is 3. The van der Waals surface area contributed by atoms with Crippen molar-refractivity contribution in [2.24, 2.45) is 5.92 Å². The molecule has 1 aliphatic rings. The summed E-state index contributed by atoms with van der Waals surface area (Å²) in [5, 5.41) is 1.71. The van der Waals surface area contributed by atoms with Crippen LogP contribution in [-0.2, 0) is 6.42 Å². The highest BCUT2D eigenvalue weighted by Crippen LogP contribution is 2.38. The Balaban J connectivity index is 1.59. The largest absolute Gasteiger partial charge is 0.206 e. The first kappa shape index (κ1) is 19.6. The molecule has 3 aromatic carbocycles. The third-order valence-corrected chi connectivity index (χ3v) is 6.46. The van der Waals surface area contributed by atoms with Gasteiger partial charge in [0.25, 0.3) is 0 Å². The van der Waals surface area contributed by atoms with Gasteiger partial charge in [-0.15, -0.1) is 13.2 Å². The maximum absolute atomic E-state index is 15.3. The fraction of sp³-hybridized carbons (Fsp3) is 0.286. The lowest BCUT2D eigenvalue weighted by Gasteiger charge is -2.27. The lowest BCUT2D eigenvalue weighted by atomic mass is 9.78. The molecule has 0 N–H and O–H groups in total. The molecule has 0 aliphatic heterocycles. The van der Waals surface area contributed by atoms with Gasteiger partial charge in [-0.05, 0) is 72.4 Å². The monoisotopic (exact) mass is 384 g/mol. The molecule has 0 amide bonds. The predicted molar refractivity (Wildman–Crippen MR) is 123 cm³/mol. The highest BCUT2D eigenvalue weighted by atomic mass is 19.1. The molecule has 0 unspecified atom stereocenters. The average Bonchev–Trinajstić information content (AvgIpc) is 2.78. The Bertz CT molecular complexity index is 1000. The van der Waals surface area contributed by atoms with E-state index in [9.17, 15) is 0 Å². The molecule has 4 rings (SSSR count). The molecule has 0 saturated heterocycles. The van der Waals surface area contributed by atoms with Gasteiger partial charge in [0, 0.05) is 10.9 Å². The van der Waals surface area contributed by atoms with Crippen LogP contribution in [0, 0.1) is 11.7 Å². The Kier molecular flexibility index (Phi) is 5.94. The summed E-state index contributed by atoms with van der Waals surface area (Å²) in [4.78, 5) is 0. The van der Waals surface area contributed by atoms with Crippen molar-refractivity contribution in [1.29, 1.82) is 0 Å². The molecule has 148 valence electrons. The summed E-state index contributed by atoms with van der Waals surface area (Å²) < 4.78 is 15.3. The molecule has 0 aromatic heterocycles. The summed E-state index contributed by atoms with van der Waals surface area (Å²) in [6.45, 7) is 7.71. The molecule has 0 nitrogen and oxygen atoms in total. The summed E-state index contributed by atoms with van der Waals surface area (Å²) in [6.07, 6.45) is 10.8. The van der Waals surface area contributed by atoms with Crippen LogP contribution in [0.1, 0.15) is 49.1 Å². The van der Waals surface area contributed by atoms with Crippen molar-refractivity contribution < 1.29 is 4.39 Å². The molecule has 0 bridgehead atoms. The van der Waals surface area contributed by atoms with E-state index in [2.05, 4.69) is 49.6 Å². The highest BCUT2D eigenvalue weighted by Gasteiger charge is 2.21. The van der Waals surface area contributed by atoms with Crippen LogP contribution in [-0.4, -0.2) is 0 Å². The van der Waals surface area contributed by atoms with Crippen molar-refractivity contribution in [3.8, 4) is 11.1 Å². The lowest BCUT2D eigenvalue weighted by Crippen LogP contribution is -2.11. The molecule has 1 saturated carbocycles. The van der Waals surface area contributed by atoms with E-state index in [1.165, 1.54) is 36.8 Å². The predicted octanol–water partition coefficient (Wildman–Crippen LogP) is 8.22. The third kappa shape index (κ3) is 4.19. The molecule has 1 aliphatic carbocycles. The minimum Gasteiger partial charge on any atom is -0.206 e. The van der Waals surface area contributed by atoms with Crippen LogP contribution in [0.4, 0.5) is 4.39 Å². The van der Waals surface area contributed by atoms with E-state index in [1.807, 2.05) is 30.3 Å². The van der Waals surface area contributed by atoms with Gasteiger partial charge in [0.2, 0.25) is 0 Å². The molecule has 3 aromatic rings. The first-order valence-corrected chi connectivity index (χ1v) is 10.7. The smallest absolute Gasteiger partial charge is 0.138 e. The van der Waals surface area contributed by atoms with E-state index in [-0.39, 0.29) is 5.82 Å². The van der Waals surface area contributed by atoms with Gasteiger partial charge in [-0.25, -0.2) is 4.39 Å². The molecule has 0 heterocycles. The van der Waals surface area contributed by atoms with Gasteiger partial charge < -0.3 is 0 Å². The second kappa shape index (κ2) is 8.78. The fourth-order valence-corrected chi connectivity index (χ4v) is 4.60. The van der Waals surface area contributed by atoms with Crippen LogP contribution in [0.5, 0.6) is 0 Å². The van der Waals surface area contributed by atoms with E-state index < -0.39 is 0 Å². The number of allylic oxidation sites excluding steroid dienone is 2. The standard InChI is InChI=1S/C28H29F/c1-3-5-6-21-9-13-23(14-10-21)26-18-16-25-19-24(15-17-27(25)28(26)29)22-11-7-20(4-2)8-12-22/h3-4,9-10,13-20,22H,1-2,5-8,11-12H2/t20-,22-. The van der Waals surface area contributed by atoms with Gasteiger partial charge in [0.05, 0.1) is 0 Å². The van der Waals surface area contributed by atoms with Crippen LogP contribution < -0.4 is 0 Å².